The summed E-state index contributed by atoms with van der Waals surface area (Å²) >= 11 is 0. The predicted octanol–water partition coefficient (Wildman–Crippen LogP) is 5.65. The van der Waals surface area contributed by atoms with Gasteiger partial charge in [-0.1, -0.05) is 42.5 Å². The van der Waals surface area contributed by atoms with Crippen LogP contribution in [0.5, 0.6) is 0 Å². The molecule has 0 amide bonds. The van der Waals surface area contributed by atoms with Crippen molar-refractivity contribution in [1.29, 1.82) is 0 Å². The summed E-state index contributed by atoms with van der Waals surface area (Å²) in [5, 5.41) is 1.76. The Morgan fingerprint density at radius 3 is 2.47 bits per heavy atom. The highest BCUT2D eigenvalue weighted by atomic mass is 16.1. The minimum absolute atomic E-state index is 0.0681. The van der Waals surface area contributed by atoms with Crippen molar-refractivity contribution in [1.82, 2.24) is 14.5 Å². The van der Waals surface area contributed by atoms with Gasteiger partial charge >= 0.3 is 0 Å². The van der Waals surface area contributed by atoms with E-state index in [-0.39, 0.29) is 5.56 Å². The van der Waals surface area contributed by atoms with Crippen LogP contribution in [-0.4, -0.2) is 14.5 Å². The fraction of sp³-hybridized carbons (Fsp3) is 0.0769. The molecule has 0 spiro atoms. The van der Waals surface area contributed by atoms with Crippen LogP contribution in [0.15, 0.2) is 77.6 Å². The van der Waals surface area contributed by atoms with E-state index in [2.05, 4.69) is 24.0 Å². The molecule has 0 saturated heterocycles. The van der Waals surface area contributed by atoms with Gasteiger partial charge in [-0.2, -0.15) is 0 Å². The molecule has 0 fully saturated rings. The molecule has 146 valence electrons. The lowest BCUT2D eigenvalue weighted by Gasteiger charge is -2.12. The van der Waals surface area contributed by atoms with Crippen LogP contribution in [0, 0.1) is 13.8 Å². The third-order valence-corrected chi connectivity index (χ3v) is 5.40. The summed E-state index contributed by atoms with van der Waals surface area (Å²) in [4.78, 5) is 21.6. The molecule has 0 saturated carbocycles. The SMILES string of the molecule is Cc1cccc(-n2c(/C=C/c3c(C)[nH]c4ccccc34)nc3ccccc3c2=O)c1. The first-order chi connectivity index (χ1) is 14.6. The highest BCUT2D eigenvalue weighted by Crippen LogP contribution is 2.24. The predicted molar refractivity (Wildman–Crippen MR) is 124 cm³/mol. The van der Waals surface area contributed by atoms with E-state index < -0.39 is 0 Å². The first-order valence-electron chi connectivity index (χ1n) is 9.96. The molecular weight excluding hydrogens is 370 g/mol. The van der Waals surface area contributed by atoms with E-state index in [0.29, 0.717) is 16.7 Å². The number of benzene rings is 3. The monoisotopic (exact) mass is 391 g/mol. The van der Waals surface area contributed by atoms with Gasteiger partial charge in [-0.3, -0.25) is 9.36 Å². The van der Waals surface area contributed by atoms with Crippen molar-refractivity contribution in [2.45, 2.75) is 13.8 Å². The van der Waals surface area contributed by atoms with Gasteiger partial charge < -0.3 is 4.98 Å². The number of nitrogens with one attached hydrogen (secondary N) is 1. The topological polar surface area (TPSA) is 50.7 Å². The van der Waals surface area contributed by atoms with E-state index in [0.717, 1.165) is 33.4 Å². The highest BCUT2D eigenvalue weighted by molar-refractivity contribution is 5.93. The minimum atomic E-state index is -0.0681. The molecule has 1 N–H and O–H groups in total. The first-order valence-corrected chi connectivity index (χ1v) is 9.96. The van der Waals surface area contributed by atoms with Crippen LogP contribution in [-0.2, 0) is 0 Å². The Balaban J connectivity index is 1.75. The molecule has 0 aliphatic rings. The molecule has 5 aromatic rings. The standard InChI is InChI=1S/C26H21N3O/c1-17-8-7-9-19(16-17)29-25(28-24-13-6-4-11-22(24)26(29)30)15-14-20-18(2)27-23-12-5-3-10-21(20)23/h3-16,27H,1-2H3/b15-14+. The smallest absolute Gasteiger partial charge is 0.266 e. The maximum Gasteiger partial charge on any atom is 0.266 e. The molecular formula is C26H21N3O. The number of nitrogens with zero attached hydrogens (tertiary/aromatic N) is 2. The van der Waals surface area contributed by atoms with E-state index in [1.54, 1.807) is 4.57 Å². The summed E-state index contributed by atoms with van der Waals surface area (Å²) in [6, 6.07) is 23.6. The fourth-order valence-electron chi connectivity index (χ4n) is 3.95. The van der Waals surface area contributed by atoms with Gasteiger partial charge in [-0.15, -0.1) is 0 Å². The van der Waals surface area contributed by atoms with Gasteiger partial charge in [0.1, 0.15) is 5.82 Å². The maximum absolute atomic E-state index is 13.4. The molecule has 0 atom stereocenters. The molecule has 0 bridgehead atoms. The van der Waals surface area contributed by atoms with Gasteiger partial charge in [0.25, 0.3) is 5.56 Å². The van der Waals surface area contributed by atoms with Gasteiger partial charge in [-0.25, -0.2) is 4.98 Å². The quantitative estimate of drug-likeness (QED) is 0.432. The number of aryl methyl sites for hydroxylation is 2. The molecule has 2 aromatic heterocycles. The van der Waals surface area contributed by atoms with Crippen molar-refractivity contribution in [2.75, 3.05) is 0 Å². The van der Waals surface area contributed by atoms with Gasteiger partial charge in [0, 0.05) is 22.2 Å². The third-order valence-electron chi connectivity index (χ3n) is 5.40. The molecule has 30 heavy (non-hydrogen) atoms. The van der Waals surface area contributed by atoms with E-state index in [1.807, 2.05) is 79.7 Å². The molecule has 0 unspecified atom stereocenters. The van der Waals surface area contributed by atoms with Crippen molar-refractivity contribution in [3.8, 4) is 5.69 Å². The van der Waals surface area contributed by atoms with Crippen LogP contribution >= 0.6 is 0 Å². The molecule has 0 radical (unpaired) electrons. The molecule has 4 nitrogen and oxygen atoms in total. The van der Waals surface area contributed by atoms with Gasteiger partial charge in [0.05, 0.1) is 16.6 Å². The van der Waals surface area contributed by atoms with Crippen LogP contribution in [0.1, 0.15) is 22.6 Å². The number of hydrogen-bond acceptors (Lipinski definition) is 2. The zero-order valence-electron chi connectivity index (χ0n) is 16.9. The van der Waals surface area contributed by atoms with Crippen LogP contribution in [0.3, 0.4) is 0 Å². The average molecular weight is 391 g/mol. The summed E-state index contributed by atoms with van der Waals surface area (Å²) in [5.41, 5.74) is 5.81. The minimum Gasteiger partial charge on any atom is -0.358 e. The van der Waals surface area contributed by atoms with Crippen LogP contribution in [0.25, 0.3) is 39.6 Å². The lowest BCUT2D eigenvalue weighted by Crippen LogP contribution is -2.22. The Kier molecular flexibility index (Phi) is 4.32. The largest absolute Gasteiger partial charge is 0.358 e. The number of aromatic amines is 1. The summed E-state index contributed by atoms with van der Waals surface area (Å²) in [5.74, 6) is 0.606. The second kappa shape index (κ2) is 7.16. The molecule has 4 heteroatoms. The summed E-state index contributed by atoms with van der Waals surface area (Å²) in [6.07, 6.45) is 3.97. The van der Waals surface area contributed by atoms with Crippen molar-refractivity contribution in [3.05, 3.63) is 106 Å². The molecule has 5 rings (SSSR count). The molecule has 0 aliphatic heterocycles. The number of hydrogen-bond donors (Lipinski definition) is 1. The Labute approximate surface area is 174 Å². The van der Waals surface area contributed by atoms with Gasteiger partial charge in [0.2, 0.25) is 0 Å². The van der Waals surface area contributed by atoms with Crippen LogP contribution in [0.4, 0.5) is 0 Å². The second-order valence-corrected chi connectivity index (χ2v) is 7.51. The number of aromatic nitrogens is 3. The van der Waals surface area contributed by atoms with E-state index in [1.165, 1.54) is 0 Å². The van der Waals surface area contributed by atoms with Crippen molar-refractivity contribution >= 4 is 34.0 Å². The van der Waals surface area contributed by atoms with E-state index in [4.69, 9.17) is 4.98 Å². The van der Waals surface area contributed by atoms with Crippen LogP contribution < -0.4 is 5.56 Å². The van der Waals surface area contributed by atoms with Gasteiger partial charge in [-0.05, 0) is 61.9 Å². The second-order valence-electron chi connectivity index (χ2n) is 7.51. The van der Waals surface area contributed by atoms with Crippen molar-refractivity contribution in [2.24, 2.45) is 0 Å². The van der Waals surface area contributed by atoms with Crippen molar-refractivity contribution in [3.63, 3.8) is 0 Å². The normalized spacial score (nSPS) is 11.7. The Morgan fingerprint density at radius 2 is 1.63 bits per heavy atom. The first kappa shape index (κ1) is 18.1. The molecule has 2 heterocycles. The number of para-hydroxylation sites is 2. The zero-order valence-corrected chi connectivity index (χ0v) is 16.9. The fourth-order valence-corrected chi connectivity index (χ4v) is 3.95. The number of fused-ring (bicyclic) bond motifs is 2. The Bertz CT molecular complexity index is 1490. The highest BCUT2D eigenvalue weighted by Gasteiger charge is 2.12. The third kappa shape index (κ3) is 3.03. The maximum atomic E-state index is 13.4. The lowest BCUT2D eigenvalue weighted by atomic mass is 10.1. The number of H-pyrrole nitrogens is 1. The average Bonchev–Trinajstić information content (AvgIpc) is 3.07. The summed E-state index contributed by atoms with van der Waals surface area (Å²) in [6.45, 7) is 4.08. The Morgan fingerprint density at radius 1 is 0.867 bits per heavy atom. The summed E-state index contributed by atoms with van der Waals surface area (Å²) in [7, 11) is 0. The molecule has 3 aromatic carbocycles. The van der Waals surface area contributed by atoms with Crippen molar-refractivity contribution < 1.29 is 0 Å². The molecule has 0 aliphatic carbocycles. The zero-order chi connectivity index (χ0) is 20.7. The van der Waals surface area contributed by atoms with E-state index >= 15 is 0 Å². The summed E-state index contributed by atoms with van der Waals surface area (Å²) < 4.78 is 1.69. The number of rotatable bonds is 3. The lowest BCUT2D eigenvalue weighted by molar-refractivity contribution is 0.942. The van der Waals surface area contributed by atoms with Gasteiger partial charge in [0.15, 0.2) is 0 Å². The Hall–Kier alpha value is -3.92. The van der Waals surface area contributed by atoms with E-state index in [9.17, 15) is 4.79 Å². The van der Waals surface area contributed by atoms with Crippen LogP contribution in [0.2, 0.25) is 0 Å².